The summed E-state index contributed by atoms with van der Waals surface area (Å²) in [7, 11) is 0. The Labute approximate surface area is 106 Å². The van der Waals surface area contributed by atoms with Crippen LogP contribution in [0.5, 0.6) is 0 Å². The fraction of sp³-hybridized carbons (Fsp3) is 0.615. The Morgan fingerprint density at radius 1 is 1.71 bits per heavy atom. The number of hydrogen-bond acceptors (Lipinski definition) is 3. The van der Waals surface area contributed by atoms with Crippen LogP contribution in [0.3, 0.4) is 0 Å². The minimum absolute atomic E-state index is 0.0175. The molecule has 1 fully saturated rings. The van der Waals surface area contributed by atoms with Crippen LogP contribution in [0.15, 0.2) is 11.4 Å². The molecule has 0 aliphatic carbocycles. The number of rotatable bonds is 4. The number of nitrogens with one attached hydrogen (secondary N) is 1. The van der Waals surface area contributed by atoms with E-state index in [0.29, 0.717) is 0 Å². The molecule has 94 valence electrons. The highest BCUT2D eigenvalue weighted by atomic mass is 32.1. The molecule has 1 amide bonds. The fourth-order valence-corrected chi connectivity index (χ4v) is 2.88. The van der Waals surface area contributed by atoms with Crippen molar-refractivity contribution in [2.75, 3.05) is 6.61 Å². The van der Waals surface area contributed by atoms with E-state index in [1.807, 2.05) is 18.4 Å². The highest BCUT2D eigenvalue weighted by Crippen LogP contribution is 2.18. The lowest BCUT2D eigenvalue weighted by Gasteiger charge is -2.19. The van der Waals surface area contributed by atoms with Crippen molar-refractivity contribution < 1.29 is 9.53 Å². The summed E-state index contributed by atoms with van der Waals surface area (Å²) >= 11 is 1.65. The van der Waals surface area contributed by atoms with Crippen LogP contribution in [0.1, 0.15) is 41.9 Å². The third kappa shape index (κ3) is 3.07. The van der Waals surface area contributed by atoms with Crippen molar-refractivity contribution in [3.63, 3.8) is 0 Å². The first-order chi connectivity index (χ1) is 8.20. The molecule has 1 aromatic heterocycles. The molecule has 1 aliphatic rings. The summed E-state index contributed by atoms with van der Waals surface area (Å²) in [6.45, 7) is 4.94. The van der Waals surface area contributed by atoms with Gasteiger partial charge in [-0.1, -0.05) is 6.92 Å². The maximum absolute atomic E-state index is 12.0. The first-order valence-electron chi connectivity index (χ1n) is 6.20. The molecule has 4 heteroatoms. The second kappa shape index (κ2) is 5.65. The molecule has 0 aromatic carbocycles. The molecule has 1 aliphatic heterocycles. The van der Waals surface area contributed by atoms with Crippen LogP contribution in [0.4, 0.5) is 0 Å². The van der Waals surface area contributed by atoms with Gasteiger partial charge in [-0.3, -0.25) is 4.79 Å². The van der Waals surface area contributed by atoms with Crippen LogP contribution in [-0.4, -0.2) is 24.7 Å². The van der Waals surface area contributed by atoms with Crippen LogP contribution >= 0.6 is 11.3 Å². The van der Waals surface area contributed by atoms with E-state index in [1.54, 1.807) is 11.3 Å². The third-order valence-electron chi connectivity index (χ3n) is 3.15. The number of hydrogen-bond donors (Lipinski definition) is 1. The molecular weight excluding hydrogens is 234 g/mol. The van der Waals surface area contributed by atoms with E-state index in [0.717, 1.165) is 31.4 Å². The van der Waals surface area contributed by atoms with Crippen LogP contribution in [-0.2, 0) is 11.2 Å². The van der Waals surface area contributed by atoms with Gasteiger partial charge < -0.3 is 10.1 Å². The van der Waals surface area contributed by atoms with E-state index < -0.39 is 0 Å². The van der Waals surface area contributed by atoms with Crippen molar-refractivity contribution >= 4 is 17.2 Å². The van der Waals surface area contributed by atoms with E-state index in [4.69, 9.17) is 4.74 Å². The van der Waals surface area contributed by atoms with Crippen molar-refractivity contribution in [2.24, 2.45) is 0 Å². The molecule has 2 atom stereocenters. The zero-order chi connectivity index (χ0) is 12.3. The summed E-state index contributed by atoms with van der Waals surface area (Å²) < 4.78 is 5.57. The van der Waals surface area contributed by atoms with Gasteiger partial charge >= 0.3 is 0 Å². The SMILES string of the molecule is CCc1cc(C(=O)N[C@H](C)[C@@H]2CCCO2)cs1. The topological polar surface area (TPSA) is 38.3 Å². The van der Waals surface area contributed by atoms with Crippen molar-refractivity contribution in [1.82, 2.24) is 5.32 Å². The maximum atomic E-state index is 12.0. The number of ether oxygens (including phenoxy) is 1. The first kappa shape index (κ1) is 12.6. The van der Waals surface area contributed by atoms with Gasteiger partial charge in [-0.15, -0.1) is 11.3 Å². The van der Waals surface area contributed by atoms with E-state index in [2.05, 4.69) is 12.2 Å². The predicted octanol–water partition coefficient (Wildman–Crippen LogP) is 2.61. The molecule has 1 aromatic rings. The third-order valence-corrected chi connectivity index (χ3v) is 4.23. The number of amides is 1. The molecule has 0 saturated carbocycles. The monoisotopic (exact) mass is 253 g/mol. The second-order valence-corrected chi connectivity index (χ2v) is 5.46. The molecule has 0 spiro atoms. The summed E-state index contributed by atoms with van der Waals surface area (Å²) in [5.74, 6) is 0.0175. The van der Waals surface area contributed by atoms with Crippen molar-refractivity contribution in [1.29, 1.82) is 0 Å². The van der Waals surface area contributed by atoms with Gasteiger partial charge in [0.15, 0.2) is 0 Å². The predicted molar refractivity (Wildman–Crippen MR) is 69.6 cm³/mol. The molecule has 0 unspecified atom stereocenters. The van der Waals surface area contributed by atoms with Gasteiger partial charge in [-0.05, 0) is 32.3 Å². The largest absolute Gasteiger partial charge is 0.376 e. The van der Waals surface area contributed by atoms with Gasteiger partial charge in [0.1, 0.15) is 0 Å². The van der Waals surface area contributed by atoms with Crippen LogP contribution in [0.2, 0.25) is 0 Å². The van der Waals surface area contributed by atoms with Crippen molar-refractivity contribution in [3.8, 4) is 0 Å². The molecule has 1 saturated heterocycles. The number of aryl methyl sites for hydroxylation is 1. The van der Waals surface area contributed by atoms with Crippen molar-refractivity contribution in [2.45, 2.75) is 45.3 Å². The van der Waals surface area contributed by atoms with Gasteiger partial charge in [0.25, 0.3) is 5.91 Å². The van der Waals surface area contributed by atoms with Gasteiger partial charge in [-0.25, -0.2) is 0 Å². The minimum Gasteiger partial charge on any atom is -0.376 e. The Morgan fingerprint density at radius 3 is 3.12 bits per heavy atom. The first-order valence-corrected chi connectivity index (χ1v) is 7.08. The smallest absolute Gasteiger partial charge is 0.252 e. The van der Waals surface area contributed by atoms with E-state index in [9.17, 15) is 4.79 Å². The Kier molecular flexibility index (Phi) is 4.18. The number of carbonyl (C=O) groups is 1. The van der Waals surface area contributed by atoms with Crippen molar-refractivity contribution in [3.05, 3.63) is 21.9 Å². The van der Waals surface area contributed by atoms with Crippen LogP contribution < -0.4 is 5.32 Å². The lowest BCUT2D eigenvalue weighted by atomic mass is 10.1. The highest BCUT2D eigenvalue weighted by molar-refractivity contribution is 7.10. The molecule has 1 N–H and O–H groups in total. The summed E-state index contributed by atoms with van der Waals surface area (Å²) in [5, 5.41) is 4.95. The quantitative estimate of drug-likeness (QED) is 0.895. The van der Waals surface area contributed by atoms with E-state index >= 15 is 0 Å². The normalized spacial score (nSPS) is 21.4. The minimum atomic E-state index is 0.0175. The number of carbonyl (C=O) groups excluding carboxylic acids is 1. The van der Waals surface area contributed by atoms with Crippen LogP contribution in [0, 0.1) is 0 Å². The van der Waals surface area contributed by atoms with Crippen LogP contribution in [0.25, 0.3) is 0 Å². The summed E-state index contributed by atoms with van der Waals surface area (Å²) in [4.78, 5) is 13.2. The zero-order valence-electron chi connectivity index (χ0n) is 10.4. The highest BCUT2D eigenvalue weighted by Gasteiger charge is 2.24. The molecule has 2 heterocycles. The average Bonchev–Trinajstić information content (AvgIpc) is 3.00. The number of thiophene rings is 1. The fourth-order valence-electron chi connectivity index (χ4n) is 2.07. The maximum Gasteiger partial charge on any atom is 0.252 e. The lowest BCUT2D eigenvalue weighted by Crippen LogP contribution is -2.40. The Hall–Kier alpha value is -0.870. The molecule has 2 rings (SSSR count). The standard InChI is InChI=1S/C13H19NO2S/c1-3-11-7-10(8-17-11)13(15)14-9(2)12-5-4-6-16-12/h7-9,12H,3-6H2,1-2H3,(H,14,15)/t9-,12+/m1/s1. The summed E-state index contributed by atoms with van der Waals surface area (Å²) in [6, 6.07) is 2.07. The van der Waals surface area contributed by atoms with Gasteiger partial charge in [0.2, 0.25) is 0 Å². The summed E-state index contributed by atoms with van der Waals surface area (Å²) in [6.07, 6.45) is 3.32. The Balaban J connectivity index is 1.91. The van der Waals surface area contributed by atoms with E-state index in [-0.39, 0.29) is 18.1 Å². The van der Waals surface area contributed by atoms with Gasteiger partial charge in [0, 0.05) is 16.9 Å². The second-order valence-electron chi connectivity index (χ2n) is 4.47. The van der Waals surface area contributed by atoms with E-state index in [1.165, 1.54) is 4.88 Å². The van der Waals surface area contributed by atoms with Gasteiger partial charge in [0.05, 0.1) is 17.7 Å². The summed E-state index contributed by atoms with van der Waals surface area (Å²) in [5.41, 5.74) is 0.775. The van der Waals surface area contributed by atoms with Gasteiger partial charge in [-0.2, -0.15) is 0 Å². The molecular formula is C13H19NO2S. The molecule has 0 radical (unpaired) electrons. The Morgan fingerprint density at radius 2 is 2.53 bits per heavy atom. The Bertz CT molecular complexity index is 383. The molecule has 3 nitrogen and oxygen atoms in total. The molecule has 17 heavy (non-hydrogen) atoms. The zero-order valence-corrected chi connectivity index (χ0v) is 11.2. The lowest BCUT2D eigenvalue weighted by molar-refractivity contribution is 0.0712. The molecule has 0 bridgehead atoms. The average molecular weight is 253 g/mol.